The quantitative estimate of drug-likeness (QED) is 0.687. The summed E-state index contributed by atoms with van der Waals surface area (Å²) >= 11 is 6.30. The molecule has 2 amide bonds. The molecule has 0 radical (unpaired) electrons. The van der Waals surface area contributed by atoms with Crippen molar-refractivity contribution in [3.05, 3.63) is 70.9 Å². The number of rotatable bonds is 3. The van der Waals surface area contributed by atoms with Gasteiger partial charge in [0, 0.05) is 11.8 Å². The number of nitrogens with one attached hydrogen (secondary N) is 1. The fourth-order valence-electron chi connectivity index (χ4n) is 1.92. The van der Waals surface area contributed by atoms with Crippen molar-refractivity contribution >= 4 is 46.2 Å². The molecule has 2 heterocycles. The molecule has 1 aromatic heterocycles. The summed E-state index contributed by atoms with van der Waals surface area (Å²) in [7, 11) is 0. The lowest BCUT2D eigenvalue weighted by atomic mass is 10.2. The molecule has 1 aliphatic rings. The molecule has 1 N–H and O–H groups in total. The molecule has 0 unspecified atom stereocenters. The number of amides is 2. The maximum atomic E-state index is 12.4. The van der Waals surface area contributed by atoms with Crippen LogP contribution in [-0.2, 0) is 4.79 Å². The number of benzene rings is 1. The number of hydrogen-bond donors (Lipinski definition) is 1. The predicted molar refractivity (Wildman–Crippen MR) is 93.2 cm³/mol. The Bertz CT molecular complexity index is 791. The zero-order valence-corrected chi connectivity index (χ0v) is 13.4. The maximum absolute atomic E-state index is 12.4. The van der Waals surface area contributed by atoms with E-state index >= 15 is 0 Å². The van der Waals surface area contributed by atoms with Gasteiger partial charge in [-0.25, -0.2) is 0 Å². The lowest BCUT2D eigenvalue weighted by Gasteiger charge is -2.15. The van der Waals surface area contributed by atoms with Crippen molar-refractivity contribution in [3.8, 4) is 0 Å². The first kappa shape index (κ1) is 15.4. The van der Waals surface area contributed by atoms with Crippen molar-refractivity contribution in [1.29, 1.82) is 0 Å². The van der Waals surface area contributed by atoms with Crippen molar-refractivity contribution in [3.63, 3.8) is 0 Å². The smallest absolute Gasteiger partial charge is 0.267 e. The Kier molecular flexibility index (Phi) is 4.50. The summed E-state index contributed by atoms with van der Waals surface area (Å²) < 4.78 is 0.279. The third-order valence-corrected chi connectivity index (χ3v) is 4.31. The highest BCUT2D eigenvalue weighted by atomic mass is 32.2. The molecule has 114 valence electrons. The van der Waals surface area contributed by atoms with E-state index in [1.807, 2.05) is 12.1 Å². The van der Waals surface area contributed by atoms with E-state index in [-0.39, 0.29) is 16.1 Å². The van der Waals surface area contributed by atoms with Gasteiger partial charge in [-0.2, -0.15) is 5.01 Å². The summed E-state index contributed by atoms with van der Waals surface area (Å²) in [6.07, 6.45) is 3.29. The van der Waals surface area contributed by atoms with E-state index in [1.165, 1.54) is 0 Å². The topological polar surface area (TPSA) is 62.3 Å². The van der Waals surface area contributed by atoms with Gasteiger partial charge >= 0.3 is 0 Å². The highest BCUT2D eigenvalue weighted by molar-refractivity contribution is 8.26. The lowest BCUT2D eigenvalue weighted by Crippen LogP contribution is -2.44. The molecule has 1 aliphatic heterocycles. The maximum Gasteiger partial charge on any atom is 0.285 e. The van der Waals surface area contributed by atoms with Gasteiger partial charge in [0.05, 0.1) is 10.6 Å². The zero-order valence-electron chi connectivity index (χ0n) is 11.8. The van der Waals surface area contributed by atoms with Gasteiger partial charge in [-0.15, -0.1) is 0 Å². The minimum atomic E-state index is -0.388. The number of hydrazine groups is 1. The number of aromatic nitrogens is 1. The van der Waals surface area contributed by atoms with E-state index in [0.717, 1.165) is 16.8 Å². The van der Waals surface area contributed by atoms with Crippen molar-refractivity contribution in [1.82, 2.24) is 15.4 Å². The number of thioether (sulfide) groups is 1. The van der Waals surface area contributed by atoms with Crippen LogP contribution in [-0.4, -0.2) is 26.1 Å². The van der Waals surface area contributed by atoms with E-state index in [0.29, 0.717) is 16.2 Å². The second-order valence-corrected chi connectivity index (χ2v) is 6.25. The minimum Gasteiger partial charge on any atom is -0.267 e. The largest absolute Gasteiger partial charge is 0.285 e. The van der Waals surface area contributed by atoms with Gasteiger partial charge in [0.2, 0.25) is 0 Å². The molecule has 5 nitrogen and oxygen atoms in total. The van der Waals surface area contributed by atoms with Crippen molar-refractivity contribution in [2.75, 3.05) is 0 Å². The van der Waals surface area contributed by atoms with Crippen molar-refractivity contribution in [2.24, 2.45) is 0 Å². The first-order valence-corrected chi connectivity index (χ1v) is 7.92. The number of pyridine rings is 1. The van der Waals surface area contributed by atoms with E-state index in [4.69, 9.17) is 12.2 Å². The molecule has 1 fully saturated rings. The SMILES string of the molecule is O=C(NN1C(=O)C(=Cc2ccccn2)SC1=S)c1ccccc1. The van der Waals surface area contributed by atoms with Crippen LogP contribution >= 0.6 is 24.0 Å². The normalized spacial score (nSPS) is 16.0. The van der Waals surface area contributed by atoms with E-state index in [1.54, 1.807) is 48.7 Å². The number of thiocarbonyl (C=S) groups is 1. The Hall–Kier alpha value is -2.51. The van der Waals surface area contributed by atoms with Crippen LogP contribution in [0.5, 0.6) is 0 Å². The summed E-state index contributed by atoms with van der Waals surface area (Å²) in [6.45, 7) is 0. The lowest BCUT2D eigenvalue weighted by molar-refractivity contribution is -0.123. The van der Waals surface area contributed by atoms with Gasteiger partial charge in [-0.3, -0.25) is 20.0 Å². The second kappa shape index (κ2) is 6.72. The van der Waals surface area contributed by atoms with Crippen LogP contribution in [0.3, 0.4) is 0 Å². The van der Waals surface area contributed by atoms with Gasteiger partial charge in [0.15, 0.2) is 4.32 Å². The Labute approximate surface area is 142 Å². The molecule has 0 atom stereocenters. The second-order valence-electron chi connectivity index (χ2n) is 4.58. The molecule has 23 heavy (non-hydrogen) atoms. The molecular formula is C16H11N3O2S2. The Morgan fingerprint density at radius 3 is 2.61 bits per heavy atom. The molecule has 0 saturated carbocycles. The number of hydrogen-bond acceptors (Lipinski definition) is 5. The molecule has 0 aliphatic carbocycles. The van der Waals surface area contributed by atoms with Crippen LogP contribution in [0.2, 0.25) is 0 Å². The Morgan fingerprint density at radius 1 is 1.17 bits per heavy atom. The van der Waals surface area contributed by atoms with Crippen LogP contribution < -0.4 is 5.43 Å². The van der Waals surface area contributed by atoms with Crippen LogP contribution in [0.25, 0.3) is 6.08 Å². The van der Waals surface area contributed by atoms with Crippen LogP contribution in [0.15, 0.2) is 59.6 Å². The van der Waals surface area contributed by atoms with Gasteiger partial charge in [-0.1, -0.05) is 36.0 Å². The fraction of sp³-hybridized carbons (Fsp3) is 0. The first-order chi connectivity index (χ1) is 11.1. The van der Waals surface area contributed by atoms with Crippen LogP contribution in [0.1, 0.15) is 16.1 Å². The summed E-state index contributed by atoms with van der Waals surface area (Å²) in [5.74, 6) is -0.754. The van der Waals surface area contributed by atoms with Gasteiger partial charge < -0.3 is 0 Å². The summed E-state index contributed by atoms with van der Waals surface area (Å²) in [4.78, 5) is 29.1. The standard InChI is InChI=1S/C16H11N3O2S2/c20-14(11-6-2-1-3-7-11)18-19-15(21)13(23-16(19)22)10-12-8-4-5-9-17-12/h1-10H,(H,18,20). The third kappa shape index (κ3) is 3.46. The fourth-order valence-corrected chi connectivity index (χ4v) is 3.08. The molecule has 2 aromatic rings. The molecular weight excluding hydrogens is 330 g/mol. The average Bonchev–Trinajstić information content (AvgIpc) is 2.84. The van der Waals surface area contributed by atoms with E-state index in [9.17, 15) is 9.59 Å². The minimum absolute atomic E-state index is 0.279. The summed E-state index contributed by atoms with van der Waals surface area (Å²) in [5, 5.41) is 1.09. The third-order valence-electron chi connectivity index (χ3n) is 3.01. The van der Waals surface area contributed by atoms with E-state index in [2.05, 4.69) is 10.4 Å². The molecule has 0 bridgehead atoms. The Balaban J connectivity index is 1.77. The van der Waals surface area contributed by atoms with Crippen LogP contribution in [0.4, 0.5) is 0 Å². The predicted octanol–water partition coefficient (Wildman–Crippen LogP) is 2.63. The molecule has 1 aromatic carbocycles. The molecule has 3 rings (SSSR count). The number of nitrogens with zero attached hydrogens (tertiary/aromatic N) is 2. The Morgan fingerprint density at radius 2 is 1.91 bits per heavy atom. The molecule has 0 spiro atoms. The highest BCUT2D eigenvalue weighted by Crippen LogP contribution is 2.31. The summed E-state index contributed by atoms with van der Waals surface area (Å²) in [5.41, 5.74) is 3.64. The van der Waals surface area contributed by atoms with Crippen molar-refractivity contribution < 1.29 is 9.59 Å². The average molecular weight is 341 g/mol. The molecule has 7 heteroatoms. The highest BCUT2D eigenvalue weighted by Gasteiger charge is 2.33. The zero-order chi connectivity index (χ0) is 16.2. The van der Waals surface area contributed by atoms with Gasteiger partial charge in [0.1, 0.15) is 0 Å². The van der Waals surface area contributed by atoms with E-state index < -0.39 is 0 Å². The monoisotopic (exact) mass is 341 g/mol. The number of carbonyl (C=O) groups excluding carboxylic acids is 2. The number of carbonyl (C=O) groups is 2. The van der Waals surface area contributed by atoms with Crippen LogP contribution in [0, 0.1) is 0 Å². The summed E-state index contributed by atoms with van der Waals surface area (Å²) in [6, 6.07) is 14.0. The van der Waals surface area contributed by atoms with Gasteiger partial charge in [0.25, 0.3) is 11.8 Å². The van der Waals surface area contributed by atoms with Gasteiger partial charge in [-0.05, 0) is 42.6 Å². The molecule has 1 saturated heterocycles. The van der Waals surface area contributed by atoms with Crippen molar-refractivity contribution in [2.45, 2.75) is 0 Å². The first-order valence-electron chi connectivity index (χ1n) is 6.70.